The van der Waals surface area contributed by atoms with Crippen molar-refractivity contribution in [3.63, 3.8) is 0 Å². The molecule has 0 aliphatic heterocycles. The maximum absolute atomic E-state index is 12.3. The van der Waals surface area contributed by atoms with Crippen LogP contribution in [0.4, 0.5) is 0 Å². The lowest BCUT2D eigenvalue weighted by molar-refractivity contribution is 0.0519. The first-order chi connectivity index (χ1) is 9.93. The number of hydrogen-bond donors (Lipinski definition) is 0. The molecule has 0 saturated heterocycles. The van der Waals surface area contributed by atoms with Crippen molar-refractivity contribution in [2.75, 3.05) is 6.61 Å². The van der Waals surface area contributed by atoms with Crippen LogP contribution in [-0.4, -0.2) is 33.5 Å². The lowest BCUT2D eigenvalue weighted by atomic mass is 10.2. The van der Waals surface area contributed by atoms with E-state index in [1.54, 1.807) is 13.8 Å². The fourth-order valence-corrected chi connectivity index (χ4v) is 2.95. The van der Waals surface area contributed by atoms with Crippen LogP contribution in [0.1, 0.15) is 38.5 Å². The average molecular weight is 391 g/mol. The summed E-state index contributed by atoms with van der Waals surface area (Å²) in [5.74, 6) is -1.01. The van der Waals surface area contributed by atoms with E-state index in [0.717, 1.165) is 11.3 Å². The Labute approximate surface area is 137 Å². The zero-order valence-electron chi connectivity index (χ0n) is 11.0. The van der Waals surface area contributed by atoms with Crippen molar-refractivity contribution in [1.82, 2.24) is 15.2 Å². The summed E-state index contributed by atoms with van der Waals surface area (Å²) in [5.41, 5.74) is 0.827. The molecular weight excluding hydrogens is 382 g/mol. The number of ether oxygens (including phenoxy) is 1. The average Bonchev–Trinajstić information content (AvgIpc) is 2.83. The van der Waals surface area contributed by atoms with Crippen molar-refractivity contribution in [3.8, 4) is 0 Å². The summed E-state index contributed by atoms with van der Waals surface area (Å²) in [5, 5.41) is 7.79. The number of ketones is 1. The molecule has 9 heteroatoms. The molecular formula is C12H9BrClN3O3S. The Kier molecular flexibility index (Phi) is 5.02. The highest BCUT2D eigenvalue weighted by molar-refractivity contribution is 9.11. The van der Waals surface area contributed by atoms with Gasteiger partial charge in [-0.25, -0.2) is 9.78 Å². The summed E-state index contributed by atoms with van der Waals surface area (Å²) in [6.45, 7) is 3.64. The molecule has 2 aromatic rings. The van der Waals surface area contributed by atoms with Gasteiger partial charge in [0.25, 0.3) is 0 Å². The summed E-state index contributed by atoms with van der Waals surface area (Å²) in [6.07, 6.45) is 0. The Morgan fingerprint density at radius 2 is 2.14 bits per heavy atom. The van der Waals surface area contributed by atoms with Gasteiger partial charge in [0.15, 0.2) is 15.9 Å². The Balaban J connectivity index is 2.33. The topological polar surface area (TPSA) is 82.0 Å². The summed E-state index contributed by atoms with van der Waals surface area (Å²) in [7, 11) is 0. The van der Waals surface area contributed by atoms with Crippen LogP contribution in [0.5, 0.6) is 0 Å². The Hall–Kier alpha value is -1.38. The highest BCUT2D eigenvalue weighted by Crippen LogP contribution is 2.27. The van der Waals surface area contributed by atoms with Crippen molar-refractivity contribution in [3.05, 3.63) is 37.0 Å². The third kappa shape index (κ3) is 3.45. The Morgan fingerprint density at radius 1 is 1.43 bits per heavy atom. The molecule has 2 aromatic heterocycles. The molecule has 2 rings (SSSR count). The van der Waals surface area contributed by atoms with Gasteiger partial charge < -0.3 is 4.74 Å². The van der Waals surface area contributed by atoms with Gasteiger partial charge in [0, 0.05) is 0 Å². The van der Waals surface area contributed by atoms with Crippen molar-refractivity contribution in [2.24, 2.45) is 0 Å². The SMILES string of the molecule is CCOC(=O)c1nc(C(=O)c2cc(C)c(Cl)nn2)sc1Br. The first-order valence-corrected chi connectivity index (χ1v) is 7.80. The predicted molar refractivity (Wildman–Crippen MR) is 81.0 cm³/mol. The van der Waals surface area contributed by atoms with Crippen LogP contribution >= 0.6 is 38.9 Å². The van der Waals surface area contributed by atoms with E-state index in [9.17, 15) is 9.59 Å². The van der Waals surface area contributed by atoms with Crippen LogP contribution in [0.3, 0.4) is 0 Å². The molecule has 0 fully saturated rings. The fraction of sp³-hybridized carbons (Fsp3) is 0.250. The highest BCUT2D eigenvalue weighted by atomic mass is 79.9. The largest absolute Gasteiger partial charge is 0.461 e. The Bertz CT molecular complexity index is 720. The lowest BCUT2D eigenvalue weighted by Gasteiger charge is -1.99. The second-order valence-electron chi connectivity index (χ2n) is 3.89. The molecule has 6 nitrogen and oxygen atoms in total. The standard InChI is InChI=1S/C12H9BrClN3O3S/c1-3-20-12(19)7-9(13)21-11(15-7)8(18)6-4-5(2)10(14)17-16-6/h4H,3H2,1-2H3. The third-order valence-corrected chi connectivity index (χ3v) is 4.48. The van der Waals surface area contributed by atoms with Crippen molar-refractivity contribution >= 4 is 50.6 Å². The number of nitrogens with zero attached hydrogens (tertiary/aromatic N) is 3. The first-order valence-electron chi connectivity index (χ1n) is 5.82. The summed E-state index contributed by atoms with van der Waals surface area (Å²) < 4.78 is 5.29. The van der Waals surface area contributed by atoms with E-state index in [0.29, 0.717) is 9.35 Å². The van der Waals surface area contributed by atoms with Crippen LogP contribution in [0.15, 0.2) is 9.85 Å². The van der Waals surface area contributed by atoms with Gasteiger partial charge in [0.1, 0.15) is 9.48 Å². The van der Waals surface area contributed by atoms with E-state index in [4.69, 9.17) is 16.3 Å². The molecule has 0 amide bonds. The molecule has 21 heavy (non-hydrogen) atoms. The lowest BCUT2D eigenvalue weighted by Crippen LogP contribution is -2.09. The molecule has 0 radical (unpaired) electrons. The zero-order chi connectivity index (χ0) is 15.6. The Morgan fingerprint density at radius 3 is 2.76 bits per heavy atom. The monoisotopic (exact) mass is 389 g/mol. The normalized spacial score (nSPS) is 10.5. The maximum atomic E-state index is 12.3. The summed E-state index contributed by atoms with van der Waals surface area (Å²) in [4.78, 5) is 28.0. The molecule has 0 N–H and O–H groups in total. The van der Waals surface area contributed by atoms with E-state index in [1.165, 1.54) is 6.07 Å². The van der Waals surface area contributed by atoms with Gasteiger partial charge in [-0.1, -0.05) is 11.6 Å². The molecule has 2 heterocycles. The highest BCUT2D eigenvalue weighted by Gasteiger charge is 2.23. The number of aryl methyl sites for hydroxylation is 1. The van der Waals surface area contributed by atoms with Gasteiger partial charge in [-0.2, -0.15) is 0 Å². The minimum absolute atomic E-state index is 0.0730. The van der Waals surface area contributed by atoms with Crippen molar-refractivity contribution in [2.45, 2.75) is 13.8 Å². The molecule has 0 atom stereocenters. The minimum atomic E-state index is -0.585. The van der Waals surface area contributed by atoms with Crippen LogP contribution < -0.4 is 0 Å². The molecule has 0 aliphatic carbocycles. The van der Waals surface area contributed by atoms with E-state index in [2.05, 4.69) is 31.1 Å². The third-order valence-electron chi connectivity index (χ3n) is 2.41. The fourth-order valence-electron chi connectivity index (χ4n) is 1.41. The number of hydrogen-bond acceptors (Lipinski definition) is 7. The van der Waals surface area contributed by atoms with Gasteiger partial charge in [-0.05, 0) is 41.4 Å². The number of aromatic nitrogens is 3. The van der Waals surface area contributed by atoms with Crippen LogP contribution in [0.25, 0.3) is 0 Å². The second-order valence-corrected chi connectivity index (χ2v) is 6.57. The van der Waals surface area contributed by atoms with Crippen molar-refractivity contribution in [1.29, 1.82) is 0 Å². The summed E-state index contributed by atoms with van der Waals surface area (Å²) >= 11 is 10.0. The van der Waals surface area contributed by atoms with E-state index < -0.39 is 11.8 Å². The molecule has 0 unspecified atom stereocenters. The number of rotatable bonds is 4. The van der Waals surface area contributed by atoms with Gasteiger partial charge in [0.05, 0.1) is 6.61 Å². The maximum Gasteiger partial charge on any atom is 0.359 e. The van der Waals surface area contributed by atoms with Crippen LogP contribution in [-0.2, 0) is 4.74 Å². The first kappa shape index (κ1) is 16.0. The quantitative estimate of drug-likeness (QED) is 0.589. The molecule has 0 aliphatic rings. The van der Waals surface area contributed by atoms with E-state index >= 15 is 0 Å². The van der Waals surface area contributed by atoms with Gasteiger partial charge >= 0.3 is 5.97 Å². The van der Waals surface area contributed by atoms with Gasteiger partial charge in [-0.3, -0.25) is 4.79 Å². The van der Waals surface area contributed by atoms with Crippen molar-refractivity contribution < 1.29 is 14.3 Å². The minimum Gasteiger partial charge on any atom is -0.461 e. The molecule has 0 bridgehead atoms. The predicted octanol–water partition coefficient (Wildman–Crippen LogP) is 3.07. The number of esters is 1. The van der Waals surface area contributed by atoms with Crippen LogP contribution in [0.2, 0.25) is 5.15 Å². The number of halogens is 2. The summed E-state index contributed by atoms with van der Waals surface area (Å²) in [6, 6.07) is 1.52. The zero-order valence-corrected chi connectivity index (χ0v) is 14.2. The van der Waals surface area contributed by atoms with E-state index in [-0.39, 0.29) is 28.2 Å². The number of carbonyl (C=O) groups excluding carboxylic acids is 2. The smallest absolute Gasteiger partial charge is 0.359 e. The number of thiazole rings is 1. The van der Waals surface area contributed by atoms with Gasteiger partial charge in [-0.15, -0.1) is 21.5 Å². The van der Waals surface area contributed by atoms with Crippen LogP contribution in [0, 0.1) is 6.92 Å². The second kappa shape index (κ2) is 6.59. The number of carbonyl (C=O) groups is 2. The van der Waals surface area contributed by atoms with Gasteiger partial charge in [0.2, 0.25) is 5.78 Å². The molecule has 110 valence electrons. The molecule has 0 aromatic carbocycles. The van der Waals surface area contributed by atoms with E-state index in [1.807, 2.05) is 0 Å². The molecule has 0 saturated carbocycles. The molecule has 0 spiro atoms.